The van der Waals surface area contributed by atoms with Crippen molar-refractivity contribution in [2.75, 3.05) is 11.9 Å². The van der Waals surface area contributed by atoms with Gasteiger partial charge in [0, 0.05) is 43.2 Å². The van der Waals surface area contributed by atoms with E-state index in [1.54, 1.807) is 30.6 Å². The van der Waals surface area contributed by atoms with Crippen molar-refractivity contribution < 1.29 is 14.0 Å². The number of anilines is 2. The molecule has 2 fully saturated rings. The molecule has 3 heterocycles. The lowest BCUT2D eigenvalue weighted by molar-refractivity contribution is -0.133. The van der Waals surface area contributed by atoms with Crippen LogP contribution in [-0.2, 0) is 11.3 Å². The first-order chi connectivity index (χ1) is 16.6. The Labute approximate surface area is 197 Å². The molecule has 1 aromatic heterocycles. The van der Waals surface area contributed by atoms with Crippen LogP contribution < -0.4 is 5.32 Å². The lowest BCUT2D eigenvalue weighted by Crippen LogP contribution is -2.47. The molecule has 2 atom stereocenters. The number of amides is 2. The number of benzene rings is 2. The third-order valence-electron chi connectivity index (χ3n) is 6.58. The molecule has 7 nitrogen and oxygen atoms in total. The molecule has 2 aliphatic heterocycles. The highest BCUT2D eigenvalue weighted by atomic mass is 19.1. The van der Waals surface area contributed by atoms with Crippen molar-refractivity contribution in [3.63, 3.8) is 0 Å². The summed E-state index contributed by atoms with van der Waals surface area (Å²) in [6.45, 7) is 1.03. The first-order valence-corrected chi connectivity index (χ1v) is 11.6. The average Bonchev–Trinajstić information content (AvgIpc) is 3.20. The Morgan fingerprint density at radius 3 is 2.62 bits per heavy atom. The largest absolute Gasteiger partial charge is 0.334 e. The van der Waals surface area contributed by atoms with Crippen LogP contribution in [0.3, 0.4) is 0 Å². The molecule has 0 bridgehead atoms. The maximum atomic E-state index is 13.5. The van der Waals surface area contributed by atoms with Crippen LogP contribution in [0.25, 0.3) is 0 Å². The fourth-order valence-electron chi connectivity index (χ4n) is 4.97. The van der Waals surface area contributed by atoms with Gasteiger partial charge in [0.15, 0.2) is 0 Å². The Hall–Kier alpha value is -3.81. The fourth-order valence-corrected chi connectivity index (χ4v) is 4.97. The van der Waals surface area contributed by atoms with Crippen LogP contribution >= 0.6 is 0 Å². The number of nitrogens with zero attached hydrogens (tertiary/aromatic N) is 4. The van der Waals surface area contributed by atoms with E-state index in [-0.39, 0.29) is 29.7 Å². The Morgan fingerprint density at radius 1 is 1.03 bits per heavy atom. The number of likely N-dealkylation sites (tertiary alicyclic amines) is 2. The molecule has 5 rings (SSSR count). The van der Waals surface area contributed by atoms with E-state index in [0.29, 0.717) is 31.0 Å². The molecule has 0 radical (unpaired) electrons. The van der Waals surface area contributed by atoms with Crippen molar-refractivity contribution in [2.24, 2.45) is 0 Å². The second kappa shape index (κ2) is 9.59. The smallest absolute Gasteiger partial charge is 0.254 e. The van der Waals surface area contributed by atoms with Gasteiger partial charge in [-0.25, -0.2) is 14.4 Å². The van der Waals surface area contributed by atoms with Gasteiger partial charge in [0.25, 0.3) is 5.91 Å². The number of nitrogens with one attached hydrogen (secondary N) is 1. The van der Waals surface area contributed by atoms with Gasteiger partial charge in [0.05, 0.1) is 12.1 Å². The molecule has 34 heavy (non-hydrogen) atoms. The normalized spacial score (nSPS) is 20.1. The van der Waals surface area contributed by atoms with E-state index in [0.717, 1.165) is 30.5 Å². The predicted octanol–water partition coefficient (Wildman–Crippen LogP) is 4.16. The third-order valence-corrected chi connectivity index (χ3v) is 6.58. The number of hydrogen-bond donors (Lipinski definition) is 1. The van der Waals surface area contributed by atoms with E-state index >= 15 is 0 Å². The molecule has 2 aliphatic rings. The lowest BCUT2D eigenvalue weighted by atomic mass is 10.0. The number of halogens is 1. The molecule has 0 saturated carbocycles. The molecular formula is C26H26FN5O2. The fraction of sp³-hybridized carbons (Fsp3) is 0.308. The highest BCUT2D eigenvalue weighted by Gasteiger charge is 2.43. The minimum atomic E-state index is -0.294. The lowest BCUT2D eigenvalue weighted by Gasteiger charge is -2.33. The van der Waals surface area contributed by atoms with Crippen LogP contribution in [0.1, 0.15) is 41.6 Å². The van der Waals surface area contributed by atoms with Crippen molar-refractivity contribution >= 4 is 23.5 Å². The van der Waals surface area contributed by atoms with Crippen molar-refractivity contribution in [1.29, 1.82) is 0 Å². The number of rotatable bonds is 5. The monoisotopic (exact) mass is 459 g/mol. The van der Waals surface area contributed by atoms with E-state index in [9.17, 15) is 14.0 Å². The summed E-state index contributed by atoms with van der Waals surface area (Å²) in [5.74, 6) is 0.227. The van der Waals surface area contributed by atoms with Crippen molar-refractivity contribution in [1.82, 2.24) is 19.8 Å². The highest BCUT2D eigenvalue weighted by molar-refractivity contribution is 5.96. The number of hydrogen-bond acceptors (Lipinski definition) is 5. The standard InChI is InChI=1S/C26H26FN5O2/c27-20-10-8-18(9-11-20)17-32-23-12-15-31(22(23)6-2-7-24(32)33)25(34)19-4-1-5-21(16-19)30-26-28-13-3-14-29-26/h1,3-5,8-11,13-14,16,22-23H,2,6-7,12,15,17H2,(H,28,29,30)/t22-,23-/m0/s1. The second-order valence-electron chi connectivity index (χ2n) is 8.74. The van der Waals surface area contributed by atoms with Crippen molar-refractivity contribution in [2.45, 2.75) is 44.3 Å². The molecule has 0 spiro atoms. The van der Waals surface area contributed by atoms with E-state index in [1.807, 2.05) is 34.1 Å². The number of aromatic nitrogens is 2. The van der Waals surface area contributed by atoms with Crippen LogP contribution in [0.2, 0.25) is 0 Å². The molecule has 2 aromatic carbocycles. The summed E-state index contributed by atoms with van der Waals surface area (Å²) in [6.07, 6.45) is 6.04. The topological polar surface area (TPSA) is 78.4 Å². The Balaban J connectivity index is 1.34. The number of carbonyl (C=O) groups is 2. The zero-order valence-corrected chi connectivity index (χ0v) is 18.7. The molecule has 174 valence electrons. The minimum absolute atomic E-state index is 0.0338. The third kappa shape index (κ3) is 4.62. The summed E-state index contributed by atoms with van der Waals surface area (Å²) in [4.78, 5) is 38.6. The van der Waals surface area contributed by atoms with Gasteiger partial charge in [-0.05, 0) is 61.2 Å². The van der Waals surface area contributed by atoms with Gasteiger partial charge in [-0.2, -0.15) is 0 Å². The summed E-state index contributed by atoms with van der Waals surface area (Å²) in [6, 6.07) is 15.3. The summed E-state index contributed by atoms with van der Waals surface area (Å²) >= 11 is 0. The van der Waals surface area contributed by atoms with Crippen LogP contribution in [0, 0.1) is 5.82 Å². The van der Waals surface area contributed by atoms with Crippen molar-refractivity contribution in [3.05, 3.63) is 83.9 Å². The molecule has 0 unspecified atom stereocenters. The molecular weight excluding hydrogens is 433 g/mol. The van der Waals surface area contributed by atoms with E-state index < -0.39 is 0 Å². The highest BCUT2D eigenvalue weighted by Crippen LogP contribution is 2.33. The minimum Gasteiger partial charge on any atom is -0.334 e. The maximum Gasteiger partial charge on any atom is 0.254 e. The van der Waals surface area contributed by atoms with E-state index in [4.69, 9.17) is 0 Å². The van der Waals surface area contributed by atoms with Gasteiger partial charge in [-0.15, -0.1) is 0 Å². The number of fused-ring (bicyclic) bond motifs is 1. The molecule has 2 saturated heterocycles. The van der Waals surface area contributed by atoms with Gasteiger partial charge in [0.2, 0.25) is 11.9 Å². The van der Waals surface area contributed by atoms with E-state index in [2.05, 4.69) is 15.3 Å². The van der Waals surface area contributed by atoms with Gasteiger partial charge in [-0.1, -0.05) is 18.2 Å². The van der Waals surface area contributed by atoms with Gasteiger partial charge >= 0.3 is 0 Å². The zero-order valence-electron chi connectivity index (χ0n) is 18.7. The van der Waals surface area contributed by atoms with Gasteiger partial charge < -0.3 is 15.1 Å². The Bertz CT molecular complexity index is 1170. The van der Waals surface area contributed by atoms with E-state index in [1.165, 1.54) is 12.1 Å². The van der Waals surface area contributed by atoms with Gasteiger partial charge in [-0.3, -0.25) is 9.59 Å². The van der Waals surface area contributed by atoms with Crippen LogP contribution in [0.4, 0.5) is 16.0 Å². The maximum absolute atomic E-state index is 13.5. The molecule has 0 aliphatic carbocycles. The van der Waals surface area contributed by atoms with Crippen LogP contribution in [-0.4, -0.2) is 50.2 Å². The zero-order chi connectivity index (χ0) is 23.5. The number of carbonyl (C=O) groups excluding carboxylic acids is 2. The predicted molar refractivity (Wildman–Crippen MR) is 126 cm³/mol. The molecule has 1 N–H and O–H groups in total. The summed E-state index contributed by atoms with van der Waals surface area (Å²) in [7, 11) is 0. The van der Waals surface area contributed by atoms with Gasteiger partial charge in [0.1, 0.15) is 5.82 Å². The summed E-state index contributed by atoms with van der Waals surface area (Å²) in [5, 5.41) is 3.13. The molecule has 8 heteroatoms. The molecule has 3 aromatic rings. The molecule has 2 amide bonds. The Morgan fingerprint density at radius 2 is 1.82 bits per heavy atom. The average molecular weight is 460 g/mol. The summed E-state index contributed by atoms with van der Waals surface area (Å²) < 4.78 is 13.3. The van der Waals surface area contributed by atoms with Crippen LogP contribution in [0.15, 0.2) is 67.0 Å². The summed E-state index contributed by atoms with van der Waals surface area (Å²) in [5.41, 5.74) is 2.21. The van der Waals surface area contributed by atoms with Crippen molar-refractivity contribution in [3.8, 4) is 0 Å². The SMILES string of the molecule is O=C1CCC[C@H]2[C@H](CCN2C(=O)c2cccc(Nc3ncccn3)c2)N1Cc1ccc(F)cc1. The first-order valence-electron chi connectivity index (χ1n) is 11.6. The quantitative estimate of drug-likeness (QED) is 0.620. The van der Waals surface area contributed by atoms with Crippen LogP contribution in [0.5, 0.6) is 0 Å². The second-order valence-corrected chi connectivity index (χ2v) is 8.74. The Kier molecular flexibility index (Phi) is 6.20. The first kappa shape index (κ1) is 22.0.